The van der Waals surface area contributed by atoms with Gasteiger partial charge in [-0.25, -0.2) is 0 Å². The second kappa shape index (κ2) is 6.89. The molecule has 0 aliphatic carbocycles. The minimum Gasteiger partial charge on any atom is -0.508 e. The van der Waals surface area contributed by atoms with Crippen molar-refractivity contribution in [3.63, 3.8) is 0 Å². The van der Waals surface area contributed by atoms with Crippen molar-refractivity contribution in [3.8, 4) is 5.75 Å². The molecule has 0 unspecified atom stereocenters. The Labute approximate surface area is 109 Å². The maximum Gasteiger partial charge on any atom is 0.219 e. The molecule has 1 aliphatic heterocycles. The standard InChI is InChI=1S/C12H16N2O2.C2H6/c1-10(15)13-6-8-14(9-7-13)11-2-4-12(16)5-3-11;1-2/h2-5,16H,6-9H2,1H3;1-2H3. The van der Waals surface area contributed by atoms with Crippen LogP contribution in [0.15, 0.2) is 24.3 Å². The molecule has 0 radical (unpaired) electrons. The average molecular weight is 250 g/mol. The zero-order chi connectivity index (χ0) is 13.5. The highest BCUT2D eigenvalue weighted by atomic mass is 16.3. The summed E-state index contributed by atoms with van der Waals surface area (Å²) in [7, 11) is 0. The van der Waals surface area contributed by atoms with Gasteiger partial charge in [0.05, 0.1) is 0 Å². The van der Waals surface area contributed by atoms with Crippen LogP contribution in [0.2, 0.25) is 0 Å². The van der Waals surface area contributed by atoms with E-state index in [2.05, 4.69) is 4.90 Å². The smallest absolute Gasteiger partial charge is 0.219 e. The molecule has 1 heterocycles. The van der Waals surface area contributed by atoms with Crippen LogP contribution in [-0.2, 0) is 4.79 Å². The normalized spacial score (nSPS) is 14.8. The summed E-state index contributed by atoms with van der Waals surface area (Å²) in [5.41, 5.74) is 1.10. The molecule has 1 saturated heterocycles. The number of carbonyl (C=O) groups is 1. The Morgan fingerprint density at radius 2 is 1.56 bits per heavy atom. The Kier molecular flexibility index (Phi) is 5.49. The fourth-order valence-electron chi connectivity index (χ4n) is 1.94. The van der Waals surface area contributed by atoms with Crippen LogP contribution in [0.3, 0.4) is 0 Å². The molecule has 1 aromatic rings. The number of aromatic hydroxyl groups is 1. The van der Waals surface area contributed by atoms with Crippen molar-refractivity contribution in [1.82, 2.24) is 4.90 Å². The van der Waals surface area contributed by atoms with E-state index in [-0.39, 0.29) is 11.7 Å². The number of piperazine rings is 1. The van der Waals surface area contributed by atoms with Gasteiger partial charge in [0.25, 0.3) is 0 Å². The Morgan fingerprint density at radius 3 is 2.00 bits per heavy atom. The van der Waals surface area contributed by atoms with Gasteiger partial charge in [-0.1, -0.05) is 13.8 Å². The highest BCUT2D eigenvalue weighted by Gasteiger charge is 2.18. The molecule has 100 valence electrons. The first-order valence-corrected chi connectivity index (χ1v) is 6.46. The quantitative estimate of drug-likeness (QED) is 0.830. The number of nitrogens with zero attached hydrogens (tertiary/aromatic N) is 2. The van der Waals surface area contributed by atoms with Gasteiger partial charge in [-0.15, -0.1) is 0 Å². The number of phenols is 1. The van der Waals surface area contributed by atoms with Gasteiger partial charge >= 0.3 is 0 Å². The van der Waals surface area contributed by atoms with Gasteiger partial charge in [0.2, 0.25) is 5.91 Å². The Morgan fingerprint density at radius 1 is 1.06 bits per heavy atom. The van der Waals surface area contributed by atoms with Crippen LogP contribution in [-0.4, -0.2) is 42.1 Å². The zero-order valence-electron chi connectivity index (χ0n) is 11.4. The first kappa shape index (κ1) is 14.4. The lowest BCUT2D eigenvalue weighted by molar-refractivity contribution is -0.129. The molecular formula is C14H22N2O2. The molecule has 2 rings (SSSR count). The van der Waals surface area contributed by atoms with Crippen LogP contribution < -0.4 is 4.90 Å². The average Bonchev–Trinajstić information content (AvgIpc) is 2.42. The van der Waals surface area contributed by atoms with Gasteiger partial charge in [-0.05, 0) is 24.3 Å². The number of phenolic OH excluding ortho intramolecular Hbond substituents is 1. The van der Waals surface area contributed by atoms with Gasteiger partial charge in [-0.2, -0.15) is 0 Å². The SMILES string of the molecule is CC.CC(=O)N1CCN(c2ccc(O)cc2)CC1. The molecule has 4 heteroatoms. The number of benzene rings is 1. The summed E-state index contributed by atoms with van der Waals surface area (Å²) in [4.78, 5) is 15.2. The zero-order valence-corrected chi connectivity index (χ0v) is 11.4. The number of rotatable bonds is 1. The van der Waals surface area contributed by atoms with Gasteiger partial charge in [0.15, 0.2) is 0 Å². The Hall–Kier alpha value is -1.71. The topological polar surface area (TPSA) is 43.8 Å². The van der Waals surface area contributed by atoms with Crippen LogP contribution >= 0.6 is 0 Å². The molecule has 1 fully saturated rings. The van der Waals surface area contributed by atoms with Crippen molar-refractivity contribution in [1.29, 1.82) is 0 Å². The third kappa shape index (κ3) is 3.65. The monoisotopic (exact) mass is 250 g/mol. The van der Waals surface area contributed by atoms with Crippen molar-refractivity contribution in [2.45, 2.75) is 20.8 Å². The third-order valence-electron chi connectivity index (χ3n) is 2.94. The number of carbonyl (C=O) groups excluding carboxylic acids is 1. The maximum atomic E-state index is 11.2. The van der Waals surface area contributed by atoms with E-state index in [4.69, 9.17) is 0 Å². The lowest BCUT2D eigenvalue weighted by Gasteiger charge is -2.35. The lowest BCUT2D eigenvalue weighted by Crippen LogP contribution is -2.48. The van der Waals surface area contributed by atoms with Gasteiger partial charge in [-0.3, -0.25) is 4.79 Å². The molecule has 1 amide bonds. The molecule has 0 spiro atoms. The van der Waals surface area contributed by atoms with Crippen LogP contribution in [0, 0.1) is 0 Å². The fraction of sp³-hybridized carbons (Fsp3) is 0.500. The Bertz CT molecular complexity index is 368. The molecule has 0 aromatic heterocycles. The molecule has 4 nitrogen and oxygen atoms in total. The second-order valence-electron chi connectivity index (χ2n) is 4.01. The van der Waals surface area contributed by atoms with Gasteiger partial charge in [0.1, 0.15) is 5.75 Å². The number of amides is 1. The van der Waals surface area contributed by atoms with Crippen LogP contribution in [0.1, 0.15) is 20.8 Å². The van der Waals surface area contributed by atoms with Crippen molar-refractivity contribution in [2.24, 2.45) is 0 Å². The summed E-state index contributed by atoms with van der Waals surface area (Å²) in [6.07, 6.45) is 0. The van der Waals surface area contributed by atoms with Crippen molar-refractivity contribution in [2.75, 3.05) is 31.1 Å². The van der Waals surface area contributed by atoms with E-state index < -0.39 is 0 Å². The van der Waals surface area contributed by atoms with E-state index in [9.17, 15) is 9.90 Å². The largest absolute Gasteiger partial charge is 0.508 e. The van der Waals surface area contributed by atoms with Gasteiger partial charge < -0.3 is 14.9 Å². The number of hydrogen-bond donors (Lipinski definition) is 1. The van der Waals surface area contributed by atoms with Crippen LogP contribution in [0.5, 0.6) is 5.75 Å². The fourth-order valence-corrected chi connectivity index (χ4v) is 1.94. The second-order valence-corrected chi connectivity index (χ2v) is 4.01. The summed E-state index contributed by atoms with van der Waals surface area (Å²) < 4.78 is 0. The summed E-state index contributed by atoms with van der Waals surface area (Å²) in [5, 5.41) is 9.20. The summed E-state index contributed by atoms with van der Waals surface area (Å²) >= 11 is 0. The van der Waals surface area contributed by atoms with Crippen LogP contribution in [0.4, 0.5) is 5.69 Å². The molecule has 1 aromatic carbocycles. The minimum absolute atomic E-state index is 0.144. The lowest BCUT2D eigenvalue weighted by atomic mass is 10.2. The summed E-state index contributed by atoms with van der Waals surface area (Å²) in [5.74, 6) is 0.427. The highest BCUT2D eigenvalue weighted by Crippen LogP contribution is 2.19. The third-order valence-corrected chi connectivity index (χ3v) is 2.94. The number of anilines is 1. The summed E-state index contributed by atoms with van der Waals surface area (Å²) in [6, 6.07) is 7.18. The van der Waals surface area contributed by atoms with E-state index >= 15 is 0 Å². The number of hydrogen-bond acceptors (Lipinski definition) is 3. The Balaban J connectivity index is 0.000000771. The molecule has 18 heavy (non-hydrogen) atoms. The van der Waals surface area contributed by atoms with E-state index in [0.717, 1.165) is 31.9 Å². The van der Waals surface area contributed by atoms with Crippen molar-refractivity contribution >= 4 is 11.6 Å². The molecular weight excluding hydrogens is 228 g/mol. The molecule has 1 aliphatic rings. The first-order chi connectivity index (χ1) is 8.66. The molecule has 1 N–H and O–H groups in total. The van der Waals surface area contributed by atoms with E-state index in [0.29, 0.717) is 0 Å². The molecule has 0 saturated carbocycles. The van der Waals surface area contributed by atoms with E-state index in [1.807, 2.05) is 30.9 Å². The summed E-state index contributed by atoms with van der Waals surface area (Å²) in [6.45, 7) is 8.86. The van der Waals surface area contributed by atoms with Gasteiger partial charge in [0, 0.05) is 38.8 Å². The predicted molar refractivity (Wildman–Crippen MR) is 73.9 cm³/mol. The maximum absolute atomic E-state index is 11.2. The first-order valence-electron chi connectivity index (χ1n) is 6.46. The van der Waals surface area contributed by atoms with Crippen molar-refractivity contribution < 1.29 is 9.90 Å². The van der Waals surface area contributed by atoms with E-state index in [1.165, 1.54) is 0 Å². The predicted octanol–water partition coefficient (Wildman–Crippen LogP) is 2.09. The molecule has 0 atom stereocenters. The van der Waals surface area contributed by atoms with E-state index in [1.54, 1.807) is 19.1 Å². The minimum atomic E-state index is 0.144. The highest BCUT2D eigenvalue weighted by molar-refractivity contribution is 5.73. The molecule has 0 bridgehead atoms. The van der Waals surface area contributed by atoms with Crippen molar-refractivity contribution in [3.05, 3.63) is 24.3 Å². The van der Waals surface area contributed by atoms with Crippen LogP contribution in [0.25, 0.3) is 0 Å².